The van der Waals surface area contributed by atoms with Crippen LogP contribution in [0.15, 0.2) is 24.6 Å². The first-order chi connectivity index (χ1) is 8.17. The van der Waals surface area contributed by atoms with Gasteiger partial charge in [-0.15, -0.1) is 0 Å². The Morgan fingerprint density at radius 1 is 1.41 bits per heavy atom. The normalized spacial score (nSPS) is 29.8. The maximum Gasteiger partial charge on any atom is 0.193 e. The summed E-state index contributed by atoms with van der Waals surface area (Å²) < 4.78 is 0.623. The van der Waals surface area contributed by atoms with Crippen molar-refractivity contribution in [2.24, 2.45) is 0 Å². The first-order valence-corrected chi connectivity index (χ1v) is 6.81. The zero-order valence-corrected chi connectivity index (χ0v) is 11.4. The van der Waals surface area contributed by atoms with Crippen molar-refractivity contribution in [1.82, 2.24) is 5.32 Å². The highest BCUT2D eigenvalue weighted by Crippen LogP contribution is 2.24. The average Bonchev–Trinajstić information content (AvgIpc) is 2.73. The summed E-state index contributed by atoms with van der Waals surface area (Å²) >= 11 is 0. The molecule has 0 saturated heterocycles. The number of allylic oxidation sites excluding steroid dienone is 1. The number of nitrogens with zero attached hydrogens (tertiary/aromatic N) is 1. The van der Waals surface area contributed by atoms with Gasteiger partial charge >= 0.3 is 0 Å². The van der Waals surface area contributed by atoms with E-state index < -0.39 is 0 Å². The lowest BCUT2D eigenvalue weighted by Crippen LogP contribution is -2.57. The van der Waals surface area contributed by atoms with E-state index in [1.54, 1.807) is 0 Å². The number of unbranched alkanes of at least 4 members (excludes halogenated alkanes) is 2. The summed E-state index contributed by atoms with van der Waals surface area (Å²) in [6.07, 6.45) is 13.1. The van der Waals surface area contributed by atoms with Gasteiger partial charge in [0.15, 0.2) is 12.4 Å². The van der Waals surface area contributed by atoms with Gasteiger partial charge < -0.3 is 10.4 Å². The predicted octanol–water partition coefficient (Wildman–Crippen LogP) is 2.70. The quantitative estimate of drug-likeness (QED) is 0.407. The van der Waals surface area contributed by atoms with Gasteiger partial charge in [0, 0.05) is 13.3 Å². The van der Waals surface area contributed by atoms with Crippen LogP contribution in [0.1, 0.15) is 46.5 Å². The lowest BCUT2D eigenvalue weighted by molar-refractivity contribution is -0.941. The minimum atomic E-state index is -0.361. The minimum absolute atomic E-state index is 0.276. The molecule has 0 spiro atoms. The fraction of sp³-hybridized carbons (Fsp3) is 0.714. The molecule has 0 aromatic carbocycles. The average molecular weight is 239 g/mol. The lowest BCUT2D eigenvalue weighted by atomic mass is 10.2. The molecular weight excluding hydrogens is 212 g/mol. The van der Waals surface area contributed by atoms with Crippen LogP contribution in [0, 0.1) is 0 Å². The van der Waals surface area contributed by atoms with Crippen LogP contribution in [-0.4, -0.2) is 28.5 Å². The molecule has 17 heavy (non-hydrogen) atoms. The smallest absolute Gasteiger partial charge is 0.193 e. The molecular formula is C14H27N2O+. The van der Waals surface area contributed by atoms with Crippen LogP contribution in [0.25, 0.3) is 0 Å². The second-order valence-electron chi connectivity index (χ2n) is 4.79. The molecule has 1 heterocycles. The molecule has 0 radical (unpaired) electrons. The molecule has 0 aromatic heterocycles. The van der Waals surface area contributed by atoms with Crippen molar-refractivity contribution < 1.29 is 9.59 Å². The van der Waals surface area contributed by atoms with E-state index in [-0.39, 0.29) is 12.4 Å². The third-order valence-electron chi connectivity index (χ3n) is 3.71. The van der Waals surface area contributed by atoms with E-state index >= 15 is 0 Å². The van der Waals surface area contributed by atoms with Crippen LogP contribution in [0.5, 0.6) is 0 Å². The summed E-state index contributed by atoms with van der Waals surface area (Å²) in [6.45, 7) is 7.11. The van der Waals surface area contributed by atoms with Crippen molar-refractivity contribution in [1.29, 1.82) is 0 Å². The van der Waals surface area contributed by atoms with Gasteiger partial charge in [0.25, 0.3) is 0 Å². The van der Waals surface area contributed by atoms with Gasteiger partial charge in [-0.25, -0.2) is 0 Å². The molecule has 98 valence electrons. The zero-order chi connectivity index (χ0) is 12.7. The Morgan fingerprint density at radius 2 is 2.18 bits per heavy atom. The maximum atomic E-state index is 9.97. The van der Waals surface area contributed by atoms with E-state index in [9.17, 15) is 5.11 Å². The van der Waals surface area contributed by atoms with Crippen LogP contribution in [-0.2, 0) is 0 Å². The second-order valence-corrected chi connectivity index (χ2v) is 4.79. The van der Waals surface area contributed by atoms with Gasteiger partial charge in [0.05, 0.1) is 12.7 Å². The molecule has 3 unspecified atom stereocenters. The fourth-order valence-corrected chi connectivity index (χ4v) is 2.44. The highest BCUT2D eigenvalue weighted by atomic mass is 16.3. The van der Waals surface area contributed by atoms with Gasteiger partial charge in [-0.1, -0.05) is 31.9 Å². The van der Waals surface area contributed by atoms with Crippen LogP contribution in [0.4, 0.5) is 0 Å². The Labute approximate surface area is 105 Å². The van der Waals surface area contributed by atoms with Crippen molar-refractivity contribution in [2.45, 2.75) is 58.8 Å². The Morgan fingerprint density at radius 3 is 2.76 bits per heavy atom. The van der Waals surface area contributed by atoms with Gasteiger partial charge in [0.2, 0.25) is 0 Å². The molecule has 3 heteroatoms. The van der Waals surface area contributed by atoms with Gasteiger partial charge in [0.1, 0.15) is 6.20 Å². The summed E-state index contributed by atoms with van der Waals surface area (Å²) in [6, 6.07) is 0. The largest absolute Gasteiger partial charge is 0.345 e. The molecule has 1 rings (SSSR count). The highest BCUT2D eigenvalue weighted by molar-refractivity contribution is 4.91. The van der Waals surface area contributed by atoms with E-state index in [1.807, 2.05) is 13.1 Å². The summed E-state index contributed by atoms with van der Waals surface area (Å²) in [5, 5.41) is 13.3. The molecule has 2 N–H and O–H groups in total. The standard InChI is InChI=1S/C14H27N2O/c1-4-6-7-8-9-10-14-15-11-12-16(14,5-2)13(3)17/h8-9,11-15,17H,4-7,10H2,1-3H3/q+1/b9-8+. The molecule has 3 atom stereocenters. The molecule has 0 fully saturated rings. The third-order valence-corrected chi connectivity index (χ3v) is 3.71. The number of hydrogen-bond donors (Lipinski definition) is 2. The third kappa shape index (κ3) is 3.33. The molecule has 0 amide bonds. The molecule has 1 aliphatic heterocycles. The molecule has 3 nitrogen and oxygen atoms in total. The maximum absolute atomic E-state index is 9.97. The van der Waals surface area contributed by atoms with E-state index in [1.165, 1.54) is 12.8 Å². The number of nitrogens with one attached hydrogen (secondary N) is 1. The number of aliphatic hydroxyl groups is 1. The Kier molecular flexibility index (Phi) is 5.72. The molecule has 1 aliphatic rings. The molecule has 0 aliphatic carbocycles. The summed E-state index contributed by atoms with van der Waals surface area (Å²) in [5.74, 6) is 0. The van der Waals surface area contributed by atoms with Gasteiger partial charge in [-0.2, -0.15) is 0 Å². The Hall–Kier alpha value is -0.800. The monoisotopic (exact) mass is 239 g/mol. The zero-order valence-electron chi connectivity index (χ0n) is 11.4. The van der Waals surface area contributed by atoms with Crippen molar-refractivity contribution in [2.75, 3.05) is 6.54 Å². The van der Waals surface area contributed by atoms with Crippen LogP contribution in [0.2, 0.25) is 0 Å². The predicted molar refractivity (Wildman–Crippen MR) is 71.8 cm³/mol. The molecule has 0 aromatic rings. The van der Waals surface area contributed by atoms with Crippen molar-refractivity contribution in [3.63, 3.8) is 0 Å². The highest BCUT2D eigenvalue weighted by Gasteiger charge is 2.40. The number of aliphatic hydroxyl groups excluding tert-OH is 1. The van der Waals surface area contributed by atoms with E-state index in [0.29, 0.717) is 4.48 Å². The summed E-state index contributed by atoms with van der Waals surface area (Å²) in [4.78, 5) is 0. The van der Waals surface area contributed by atoms with E-state index in [0.717, 1.165) is 19.4 Å². The summed E-state index contributed by atoms with van der Waals surface area (Å²) in [7, 11) is 0. The van der Waals surface area contributed by atoms with Gasteiger partial charge in [-0.05, 0) is 13.3 Å². The SMILES string of the molecule is CCCC/C=C/CC1NC=C[N+]1(CC)C(C)O. The lowest BCUT2D eigenvalue weighted by Gasteiger charge is -2.38. The van der Waals surface area contributed by atoms with Crippen molar-refractivity contribution in [3.8, 4) is 0 Å². The number of quaternary nitrogens is 1. The first-order valence-electron chi connectivity index (χ1n) is 6.81. The topological polar surface area (TPSA) is 32.3 Å². The van der Waals surface area contributed by atoms with Crippen LogP contribution < -0.4 is 5.32 Å². The van der Waals surface area contributed by atoms with Crippen LogP contribution >= 0.6 is 0 Å². The number of hydrogen-bond acceptors (Lipinski definition) is 2. The fourth-order valence-electron chi connectivity index (χ4n) is 2.44. The van der Waals surface area contributed by atoms with Crippen molar-refractivity contribution in [3.05, 3.63) is 24.6 Å². The second kappa shape index (κ2) is 6.82. The van der Waals surface area contributed by atoms with E-state index in [4.69, 9.17) is 0 Å². The van der Waals surface area contributed by atoms with Crippen molar-refractivity contribution >= 4 is 0 Å². The van der Waals surface area contributed by atoms with Crippen LogP contribution in [0.3, 0.4) is 0 Å². The van der Waals surface area contributed by atoms with Gasteiger partial charge in [-0.3, -0.25) is 4.48 Å². The molecule has 0 bridgehead atoms. The van der Waals surface area contributed by atoms with E-state index in [2.05, 4.69) is 37.5 Å². The Balaban J connectivity index is 2.50. The summed E-state index contributed by atoms with van der Waals surface area (Å²) in [5.41, 5.74) is 0. The first kappa shape index (κ1) is 14.3. The number of rotatable bonds is 7. The molecule has 0 saturated carbocycles. The minimum Gasteiger partial charge on any atom is -0.345 e. The Bertz CT molecular complexity index is 273.